The standard InChI is InChI=1S/C16H23N3O2/c20-16(12-7-9-21-10-8-12)19-15-6-5-14(11-17-15)18-13-3-1-2-4-13/h5-6,11-13,18H,1-4,7-10H2,(H,17,19,20). The molecule has 5 nitrogen and oxygen atoms in total. The molecular formula is C16H23N3O2. The number of carbonyl (C=O) groups is 1. The first kappa shape index (κ1) is 14.3. The number of aromatic nitrogens is 1. The molecule has 0 atom stereocenters. The van der Waals surface area contributed by atoms with Gasteiger partial charge in [0.25, 0.3) is 0 Å². The molecule has 1 saturated heterocycles. The summed E-state index contributed by atoms with van der Waals surface area (Å²) in [7, 11) is 0. The van der Waals surface area contributed by atoms with Gasteiger partial charge >= 0.3 is 0 Å². The summed E-state index contributed by atoms with van der Waals surface area (Å²) < 4.78 is 5.28. The molecule has 1 aliphatic heterocycles. The van der Waals surface area contributed by atoms with E-state index in [0.717, 1.165) is 18.5 Å². The molecule has 1 amide bonds. The van der Waals surface area contributed by atoms with Crippen molar-refractivity contribution in [3.05, 3.63) is 18.3 Å². The van der Waals surface area contributed by atoms with Gasteiger partial charge in [-0.15, -0.1) is 0 Å². The molecule has 2 heterocycles. The van der Waals surface area contributed by atoms with Gasteiger partial charge in [-0.1, -0.05) is 12.8 Å². The van der Waals surface area contributed by atoms with E-state index in [4.69, 9.17) is 4.74 Å². The Labute approximate surface area is 125 Å². The third-order valence-electron chi connectivity index (χ3n) is 4.33. The zero-order valence-electron chi connectivity index (χ0n) is 12.3. The highest BCUT2D eigenvalue weighted by atomic mass is 16.5. The molecule has 1 aromatic heterocycles. The van der Waals surface area contributed by atoms with Crippen LogP contribution in [0.15, 0.2) is 18.3 Å². The molecule has 2 fully saturated rings. The minimum atomic E-state index is 0.0526. The Hall–Kier alpha value is -1.62. The number of amides is 1. The van der Waals surface area contributed by atoms with E-state index in [9.17, 15) is 4.79 Å². The monoisotopic (exact) mass is 289 g/mol. The molecule has 114 valence electrons. The number of nitrogens with one attached hydrogen (secondary N) is 2. The third kappa shape index (κ3) is 3.94. The van der Waals surface area contributed by atoms with E-state index in [1.54, 1.807) is 6.20 Å². The summed E-state index contributed by atoms with van der Waals surface area (Å²) in [5, 5.41) is 6.39. The number of carbonyl (C=O) groups excluding carboxylic acids is 1. The molecule has 0 unspecified atom stereocenters. The quantitative estimate of drug-likeness (QED) is 0.894. The number of hydrogen-bond donors (Lipinski definition) is 2. The Morgan fingerprint density at radius 3 is 2.57 bits per heavy atom. The molecule has 21 heavy (non-hydrogen) atoms. The van der Waals surface area contributed by atoms with E-state index in [0.29, 0.717) is 25.1 Å². The summed E-state index contributed by atoms with van der Waals surface area (Å²) >= 11 is 0. The molecule has 1 aromatic rings. The van der Waals surface area contributed by atoms with E-state index in [1.165, 1.54) is 25.7 Å². The summed E-state index contributed by atoms with van der Waals surface area (Å²) in [5.74, 6) is 0.739. The molecule has 0 spiro atoms. The van der Waals surface area contributed by atoms with Gasteiger partial charge in [0.1, 0.15) is 5.82 Å². The Kier molecular flexibility index (Phi) is 4.70. The van der Waals surface area contributed by atoms with Crippen molar-refractivity contribution in [1.29, 1.82) is 0 Å². The van der Waals surface area contributed by atoms with E-state index >= 15 is 0 Å². The molecule has 1 aliphatic carbocycles. The highest BCUT2D eigenvalue weighted by molar-refractivity contribution is 5.91. The van der Waals surface area contributed by atoms with Gasteiger partial charge in [0.05, 0.1) is 11.9 Å². The smallest absolute Gasteiger partial charge is 0.228 e. The van der Waals surface area contributed by atoms with Crippen LogP contribution in [-0.4, -0.2) is 30.1 Å². The number of nitrogens with zero attached hydrogens (tertiary/aromatic N) is 1. The second-order valence-electron chi connectivity index (χ2n) is 5.93. The van der Waals surface area contributed by atoms with Crippen molar-refractivity contribution in [2.45, 2.75) is 44.6 Å². The number of hydrogen-bond acceptors (Lipinski definition) is 4. The van der Waals surface area contributed by atoms with Gasteiger partial charge in [0.2, 0.25) is 5.91 Å². The minimum absolute atomic E-state index is 0.0526. The number of rotatable bonds is 4. The van der Waals surface area contributed by atoms with Crippen LogP contribution in [0, 0.1) is 5.92 Å². The van der Waals surface area contributed by atoms with Crippen molar-refractivity contribution >= 4 is 17.4 Å². The summed E-state index contributed by atoms with van der Waals surface area (Å²) in [5.41, 5.74) is 1.03. The highest BCUT2D eigenvalue weighted by Gasteiger charge is 2.21. The number of ether oxygens (including phenoxy) is 1. The van der Waals surface area contributed by atoms with Gasteiger partial charge in [-0.25, -0.2) is 4.98 Å². The zero-order valence-corrected chi connectivity index (χ0v) is 12.3. The van der Waals surface area contributed by atoms with Gasteiger partial charge < -0.3 is 15.4 Å². The van der Waals surface area contributed by atoms with Crippen molar-refractivity contribution in [3.8, 4) is 0 Å². The van der Waals surface area contributed by atoms with E-state index < -0.39 is 0 Å². The zero-order chi connectivity index (χ0) is 14.5. The Morgan fingerprint density at radius 2 is 1.90 bits per heavy atom. The molecule has 2 aliphatic rings. The van der Waals surface area contributed by atoms with Gasteiger partial charge in [0.15, 0.2) is 0 Å². The predicted molar refractivity (Wildman–Crippen MR) is 82.3 cm³/mol. The normalized spacial score (nSPS) is 20.4. The summed E-state index contributed by atoms with van der Waals surface area (Å²) in [4.78, 5) is 16.4. The van der Waals surface area contributed by atoms with Gasteiger partial charge in [-0.05, 0) is 37.8 Å². The van der Waals surface area contributed by atoms with Crippen molar-refractivity contribution in [2.24, 2.45) is 5.92 Å². The van der Waals surface area contributed by atoms with Gasteiger partial charge in [0, 0.05) is 25.2 Å². The van der Waals surface area contributed by atoms with Crippen LogP contribution >= 0.6 is 0 Å². The van der Waals surface area contributed by atoms with Crippen LogP contribution in [0.2, 0.25) is 0 Å². The maximum Gasteiger partial charge on any atom is 0.228 e. The molecule has 2 N–H and O–H groups in total. The van der Waals surface area contributed by atoms with E-state index in [-0.39, 0.29) is 11.8 Å². The fourth-order valence-electron chi connectivity index (χ4n) is 3.05. The second-order valence-corrected chi connectivity index (χ2v) is 5.93. The SMILES string of the molecule is O=C(Nc1ccc(NC2CCCC2)cn1)C1CCOCC1. The van der Waals surface area contributed by atoms with Crippen LogP contribution in [0.5, 0.6) is 0 Å². The van der Waals surface area contributed by atoms with Crippen LogP contribution in [0.3, 0.4) is 0 Å². The lowest BCUT2D eigenvalue weighted by Crippen LogP contribution is -2.28. The van der Waals surface area contributed by atoms with Crippen molar-refractivity contribution in [3.63, 3.8) is 0 Å². The number of anilines is 2. The Balaban J connectivity index is 1.52. The van der Waals surface area contributed by atoms with E-state index in [2.05, 4.69) is 15.6 Å². The maximum absolute atomic E-state index is 12.1. The van der Waals surface area contributed by atoms with Crippen LogP contribution in [0.4, 0.5) is 11.5 Å². The molecule has 5 heteroatoms. The summed E-state index contributed by atoms with van der Waals surface area (Å²) in [6.07, 6.45) is 8.50. The fraction of sp³-hybridized carbons (Fsp3) is 0.625. The Morgan fingerprint density at radius 1 is 1.14 bits per heavy atom. The first-order chi connectivity index (χ1) is 10.3. The van der Waals surface area contributed by atoms with Crippen molar-refractivity contribution in [2.75, 3.05) is 23.8 Å². The highest BCUT2D eigenvalue weighted by Crippen LogP contribution is 2.22. The van der Waals surface area contributed by atoms with Gasteiger partial charge in [-0.3, -0.25) is 4.79 Å². The summed E-state index contributed by atoms with van der Waals surface area (Å²) in [6, 6.07) is 4.44. The Bertz CT molecular complexity index is 463. The van der Waals surface area contributed by atoms with Crippen LogP contribution in [0.1, 0.15) is 38.5 Å². The van der Waals surface area contributed by atoms with Crippen molar-refractivity contribution < 1.29 is 9.53 Å². The second kappa shape index (κ2) is 6.89. The molecule has 0 bridgehead atoms. The van der Waals surface area contributed by atoms with Crippen LogP contribution in [-0.2, 0) is 9.53 Å². The molecule has 0 aromatic carbocycles. The average Bonchev–Trinajstić information content (AvgIpc) is 3.03. The molecule has 1 saturated carbocycles. The molecule has 0 radical (unpaired) electrons. The summed E-state index contributed by atoms with van der Waals surface area (Å²) in [6.45, 7) is 1.35. The lowest BCUT2D eigenvalue weighted by atomic mass is 9.99. The number of pyridine rings is 1. The third-order valence-corrected chi connectivity index (χ3v) is 4.33. The predicted octanol–water partition coefficient (Wildman–Crippen LogP) is 2.80. The molecule has 3 rings (SSSR count). The largest absolute Gasteiger partial charge is 0.381 e. The van der Waals surface area contributed by atoms with Crippen molar-refractivity contribution in [1.82, 2.24) is 4.98 Å². The first-order valence-electron chi connectivity index (χ1n) is 7.92. The molecular weight excluding hydrogens is 266 g/mol. The lowest BCUT2D eigenvalue weighted by molar-refractivity contribution is -0.122. The lowest BCUT2D eigenvalue weighted by Gasteiger charge is -2.21. The van der Waals surface area contributed by atoms with Crippen LogP contribution < -0.4 is 10.6 Å². The minimum Gasteiger partial charge on any atom is -0.381 e. The van der Waals surface area contributed by atoms with Crippen LogP contribution in [0.25, 0.3) is 0 Å². The van der Waals surface area contributed by atoms with Gasteiger partial charge in [-0.2, -0.15) is 0 Å². The fourth-order valence-corrected chi connectivity index (χ4v) is 3.05. The van der Waals surface area contributed by atoms with E-state index in [1.807, 2.05) is 12.1 Å². The topological polar surface area (TPSA) is 63.2 Å². The average molecular weight is 289 g/mol. The maximum atomic E-state index is 12.1. The first-order valence-corrected chi connectivity index (χ1v) is 7.92.